The van der Waals surface area contributed by atoms with Crippen LogP contribution in [-0.4, -0.2) is 6.54 Å². The van der Waals surface area contributed by atoms with E-state index in [-0.39, 0.29) is 0 Å². The molecule has 0 saturated carbocycles. The van der Waals surface area contributed by atoms with Crippen molar-refractivity contribution in [2.24, 2.45) is 0 Å². The second-order valence-electron chi connectivity index (χ2n) is 3.43. The Hall–Kier alpha value is -1.44. The first kappa shape index (κ1) is 7.01. The van der Waals surface area contributed by atoms with Gasteiger partial charge in [-0.25, -0.2) is 0 Å². The molecule has 2 heteroatoms. The van der Waals surface area contributed by atoms with Gasteiger partial charge in [0.15, 0.2) is 0 Å². The van der Waals surface area contributed by atoms with Crippen molar-refractivity contribution in [3.8, 4) is 0 Å². The Morgan fingerprint density at radius 2 is 2.15 bits per heavy atom. The Labute approximate surface area is 76.5 Å². The Bertz CT molecular complexity index is 444. The van der Waals surface area contributed by atoms with Crippen LogP contribution in [0.25, 0.3) is 11.0 Å². The first-order chi connectivity index (χ1) is 6.45. The van der Waals surface area contributed by atoms with Gasteiger partial charge in [0.05, 0.1) is 5.69 Å². The van der Waals surface area contributed by atoms with E-state index in [1.165, 1.54) is 17.5 Å². The van der Waals surface area contributed by atoms with Gasteiger partial charge in [0, 0.05) is 18.4 Å². The maximum absolute atomic E-state index is 5.73. The second-order valence-corrected chi connectivity index (χ2v) is 3.43. The molecule has 0 amide bonds. The molecule has 0 atom stereocenters. The summed E-state index contributed by atoms with van der Waals surface area (Å²) >= 11 is 0. The van der Waals surface area contributed by atoms with Crippen molar-refractivity contribution in [2.75, 3.05) is 11.9 Å². The van der Waals surface area contributed by atoms with E-state index in [2.05, 4.69) is 17.4 Å². The maximum atomic E-state index is 5.73. The van der Waals surface area contributed by atoms with Gasteiger partial charge in [0.2, 0.25) is 0 Å². The molecule has 2 aromatic rings. The van der Waals surface area contributed by atoms with Crippen molar-refractivity contribution in [3.05, 3.63) is 30.0 Å². The van der Waals surface area contributed by atoms with Crippen LogP contribution >= 0.6 is 0 Å². The first-order valence-electron chi connectivity index (χ1n) is 4.69. The smallest absolute Gasteiger partial charge is 0.136 e. The molecule has 0 spiro atoms. The van der Waals surface area contributed by atoms with Crippen LogP contribution in [-0.2, 0) is 6.42 Å². The maximum Gasteiger partial charge on any atom is 0.136 e. The van der Waals surface area contributed by atoms with Crippen LogP contribution in [0.1, 0.15) is 12.2 Å². The SMILES string of the molecule is c1ccc2c3c(oc2c1)CCCN3. The van der Waals surface area contributed by atoms with Gasteiger partial charge in [-0.05, 0) is 18.6 Å². The number of furan rings is 1. The molecule has 1 aromatic heterocycles. The van der Waals surface area contributed by atoms with Crippen LogP contribution in [0.15, 0.2) is 28.7 Å². The molecule has 66 valence electrons. The molecular formula is C11H11NO. The summed E-state index contributed by atoms with van der Waals surface area (Å²) in [5.41, 5.74) is 2.21. The minimum absolute atomic E-state index is 1.00. The van der Waals surface area contributed by atoms with Gasteiger partial charge in [-0.1, -0.05) is 12.1 Å². The quantitative estimate of drug-likeness (QED) is 0.662. The van der Waals surface area contributed by atoms with Crippen molar-refractivity contribution in [1.82, 2.24) is 0 Å². The Morgan fingerprint density at radius 1 is 1.23 bits per heavy atom. The van der Waals surface area contributed by atoms with E-state index < -0.39 is 0 Å². The van der Waals surface area contributed by atoms with E-state index in [1.807, 2.05) is 12.1 Å². The zero-order valence-electron chi connectivity index (χ0n) is 7.34. The van der Waals surface area contributed by atoms with Gasteiger partial charge < -0.3 is 9.73 Å². The van der Waals surface area contributed by atoms with Crippen LogP contribution in [0.5, 0.6) is 0 Å². The monoisotopic (exact) mass is 173 g/mol. The molecule has 0 unspecified atom stereocenters. The van der Waals surface area contributed by atoms with Gasteiger partial charge >= 0.3 is 0 Å². The average molecular weight is 173 g/mol. The molecule has 0 aliphatic carbocycles. The zero-order valence-corrected chi connectivity index (χ0v) is 7.34. The molecule has 1 aliphatic rings. The fraction of sp³-hybridized carbons (Fsp3) is 0.273. The van der Waals surface area contributed by atoms with Gasteiger partial charge in [-0.15, -0.1) is 0 Å². The van der Waals surface area contributed by atoms with Gasteiger partial charge in [0.25, 0.3) is 0 Å². The fourth-order valence-electron chi connectivity index (χ4n) is 1.93. The number of fused-ring (bicyclic) bond motifs is 3. The molecule has 1 N–H and O–H groups in total. The summed E-state index contributed by atoms with van der Waals surface area (Å²) in [6, 6.07) is 8.19. The minimum atomic E-state index is 1.00. The number of aryl methyl sites for hydroxylation is 1. The van der Waals surface area contributed by atoms with Crippen LogP contribution in [0.4, 0.5) is 5.69 Å². The average Bonchev–Trinajstić information content (AvgIpc) is 2.56. The standard InChI is InChI=1S/C11H11NO/c1-2-5-9-8(4-1)11-10(13-9)6-3-7-12-11/h1-2,4-5,12H,3,6-7H2. The van der Waals surface area contributed by atoms with Crippen molar-refractivity contribution >= 4 is 16.7 Å². The van der Waals surface area contributed by atoms with E-state index >= 15 is 0 Å². The van der Waals surface area contributed by atoms with E-state index in [4.69, 9.17) is 4.42 Å². The number of nitrogens with one attached hydrogen (secondary N) is 1. The van der Waals surface area contributed by atoms with Crippen LogP contribution in [0.2, 0.25) is 0 Å². The predicted molar refractivity (Wildman–Crippen MR) is 53.0 cm³/mol. The number of hydrogen-bond acceptors (Lipinski definition) is 2. The second kappa shape index (κ2) is 2.52. The molecule has 0 fully saturated rings. The van der Waals surface area contributed by atoms with E-state index in [0.717, 1.165) is 24.3 Å². The number of rotatable bonds is 0. The number of hydrogen-bond donors (Lipinski definition) is 1. The first-order valence-corrected chi connectivity index (χ1v) is 4.69. The number of anilines is 1. The molecule has 2 heterocycles. The molecule has 13 heavy (non-hydrogen) atoms. The highest BCUT2D eigenvalue weighted by atomic mass is 16.3. The summed E-state index contributed by atoms with van der Waals surface area (Å²) in [5, 5.41) is 4.61. The summed E-state index contributed by atoms with van der Waals surface area (Å²) in [4.78, 5) is 0. The van der Waals surface area contributed by atoms with Crippen molar-refractivity contribution in [1.29, 1.82) is 0 Å². The molecule has 0 radical (unpaired) electrons. The van der Waals surface area contributed by atoms with Crippen molar-refractivity contribution < 1.29 is 4.42 Å². The number of benzene rings is 1. The van der Waals surface area contributed by atoms with Gasteiger partial charge in [-0.3, -0.25) is 0 Å². The third kappa shape index (κ3) is 0.949. The summed E-state index contributed by atoms with van der Waals surface area (Å²) in [6.07, 6.45) is 2.24. The Balaban J connectivity index is 2.34. The third-order valence-corrected chi connectivity index (χ3v) is 2.55. The van der Waals surface area contributed by atoms with Crippen molar-refractivity contribution in [2.45, 2.75) is 12.8 Å². The summed E-state index contributed by atoms with van der Waals surface area (Å²) in [6.45, 7) is 1.07. The molecule has 1 aliphatic heterocycles. The Morgan fingerprint density at radius 3 is 3.15 bits per heavy atom. The number of para-hydroxylation sites is 1. The van der Waals surface area contributed by atoms with Crippen LogP contribution in [0.3, 0.4) is 0 Å². The van der Waals surface area contributed by atoms with Crippen molar-refractivity contribution in [3.63, 3.8) is 0 Å². The summed E-state index contributed by atoms with van der Waals surface area (Å²) < 4.78 is 5.73. The largest absolute Gasteiger partial charge is 0.459 e. The molecule has 0 bridgehead atoms. The van der Waals surface area contributed by atoms with Crippen LogP contribution in [0, 0.1) is 0 Å². The van der Waals surface area contributed by atoms with Crippen LogP contribution < -0.4 is 5.32 Å². The lowest BCUT2D eigenvalue weighted by Crippen LogP contribution is -2.09. The predicted octanol–water partition coefficient (Wildman–Crippen LogP) is 2.79. The van der Waals surface area contributed by atoms with Gasteiger partial charge in [0.1, 0.15) is 11.3 Å². The summed E-state index contributed by atoms with van der Waals surface area (Å²) in [7, 11) is 0. The highest BCUT2D eigenvalue weighted by Crippen LogP contribution is 2.33. The topological polar surface area (TPSA) is 25.2 Å². The fourth-order valence-corrected chi connectivity index (χ4v) is 1.93. The summed E-state index contributed by atoms with van der Waals surface area (Å²) in [5.74, 6) is 1.12. The van der Waals surface area contributed by atoms with E-state index in [9.17, 15) is 0 Å². The minimum Gasteiger partial charge on any atom is -0.459 e. The molecule has 0 saturated heterocycles. The Kier molecular flexibility index (Phi) is 1.36. The lowest BCUT2D eigenvalue weighted by atomic mass is 10.1. The molecular weight excluding hydrogens is 162 g/mol. The highest BCUT2D eigenvalue weighted by Gasteiger charge is 2.16. The van der Waals surface area contributed by atoms with E-state index in [1.54, 1.807) is 0 Å². The third-order valence-electron chi connectivity index (χ3n) is 2.55. The lowest BCUT2D eigenvalue weighted by molar-refractivity contribution is 0.535. The molecule has 1 aromatic carbocycles. The lowest BCUT2D eigenvalue weighted by Gasteiger charge is -2.11. The zero-order chi connectivity index (χ0) is 8.67. The van der Waals surface area contributed by atoms with E-state index in [0.29, 0.717) is 0 Å². The van der Waals surface area contributed by atoms with Gasteiger partial charge in [-0.2, -0.15) is 0 Å². The highest BCUT2D eigenvalue weighted by molar-refractivity contribution is 5.92. The normalized spacial score (nSPS) is 15.4. The molecule has 3 rings (SSSR count). The molecule has 2 nitrogen and oxygen atoms in total.